The zero-order chi connectivity index (χ0) is 22.5. The average molecular weight is 469 g/mol. The summed E-state index contributed by atoms with van der Waals surface area (Å²) in [6, 6.07) is 13.3. The van der Waals surface area contributed by atoms with Crippen LogP contribution in [0.2, 0.25) is 0 Å². The molecule has 0 aromatic heterocycles. The summed E-state index contributed by atoms with van der Waals surface area (Å²) in [6.45, 7) is 2.77. The summed E-state index contributed by atoms with van der Waals surface area (Å²) < 4.78 is 11.3. The molecule has 6 nitrogen and oxygen atoms in total. The molecule has 1 saturated heterocycles. The molecule has 166 valence electrons. The molecule has 2 aliphatic heterocycles. The first-order valence-corrected chi connectivity index (χ1v) is 11.7. The van der Waals surface area contributed by atoms with Gasteiger partial charge in [-0.2, -0.15) is 0 Å². The Morgan fingerprint density at radius 1 is 1.16 bits per heavy atom. The van der Waals surface area contributed by atoms with E-state index in [4.69, 9.17) is 21.7 Å². The van der Waals surface area contributed by atoms with Crippen LogP contribution in [0.4, 0.5) is 5.69 Å². The molecule has 32 heavy (non-hydrogen) atoms. The summed E-state index contributed by atoms with van der Waals surface area (Å²) in [5.41, 5.74) is 2.80. The number of fused-ring (bicyclic) bond motifs is 1. The van der Waals surface area contributed by atoms with Crippen molar-refractivity contribution in [1.82, 2.24) is 4.90 Å². The van der Waals surface area contributed by atoms with Gasteiger partial charge in [-0.1, -0.05) is 48.6 Å². The van der Waals surface area contributed by atoms with Gasteiger partial charge in [-0.15, -0.1) is 0 Å². The lowest BCUT2D eigenvalue weighted by molar-refractivity contribution is -0.122. The standard InChI is InChI=1S/C24H24N2O4S2/c1-16-6-5-7-18(12-16)25-22(27)8-3-2-4-11-26-23(28)21(32-24(26)31)14-17-9-10-19-20(13-17)30-15-29-19/h5-7,9-10,12-14H,2-4,8,11,15H2,1H3,(H,25,27)/b21-14-. The third-order valence-electron chi connectivity index (χ3n) is 5.16. The fourth-order valence-electron chi connectivity index (χ4n) is 3.53. The van der Waals surface area contributed by atoms with Crippen LogP contribution in [0.1, 0.15) is 36.8 Å². The van der Waals surface area contributed by atoms with Crippen molar-refractivity contribution >= 4 is 51.9 Å². The fourth-order valence-corrected chi connectivity index (χ4v) is 4.83. The summed E-state index contributed by atoms with van der Waals surface area (Å²) in [7, 11) is 0. The summed E-state index contributed by atoms with van der Waals surface area (Å²) >= 11 is 6.73. The normalized spacial score (nSPS) is 16.2. The van der Waals surface area contributed by atoms with Crippen LogP contribution in [0.25, 0.3) is 6.08 Å². The van der Waals surface area contributed by atoms with Crippen molar-refractivity contribution in [2.24, 2.45) is 0 Å². The molecule has 2 amide bonds. The van der Waals surface area contributed by atoms with Gasteiger partial charge in [0.05, 0.1) is 4.91 Å². The van der Waals surface area contributed by atoms with Gasteiger partial charge in [-0.05, 0) is 61.2 Å². The molecule has 0 aliphatic carbocycles. The number of carbonyl (C=O) groups excluding carboxylic acids is 2. The Morgan fingerprint density at radius 3 is 2.84 bits per heavy atom. The van der Waals surface area contributed by atoms with E-state index in [0.717, 1.165) is 36.1 Å². The number of thioether (sulfide) groups is 1. The first-order chi connectivity index (χ1) is 15.5. The number of aryl methyl sites for hydroxylation is 1. The molecule has 2 aliphatic rings. The van der Waals surface area contributed by atoms with E-state index in [1.807, 2.05) is 55.5 Å². The zero-order valence-electron chi connectivity index (χ0n) is 17.8. The molecule has 0 bridgehead atoms. The van der Waals surface area contributed by atoms with Gasteiger partial charge in [-0.25, -0.2) is 0 Å². The number of unbranched alkanes of at least 4 members (excludes halogenated alkanes) is 2. The molecule has 2 aromatic carbocycles. The number of nitrogens with zero attached hydrogens (tertiary/aromatic N) is 1. The van der Waals surface area contributed by atoms with Gasteiger partial charge in [0.1, 0.15) is 4.32 Å². The van der Waals surface area contributed by atoms with Crippen molar-refractivity contribution in [3.05, 3.63) is 58.5 Å². The molecule has 4 rings (SSSR count). The lowest BCUT2D eigenvalue weighted by Crippen LogP contribution is -2.29. The third-order valence-corrected chi connectivity index (χ3v) is 6.53. The molecule has 2 heterocycles. The largest absolute Gasteiger partial charge is 0.454 e. The van der Waals surface area contributed by atoms with E-state index in [2.05, 4.69) is 5.32 Å². The smallest absolute Gasteiger partial charge is 0.266 e. The first kappa shape index (κ1) is 22.4. The van der Waals surface area contributed by atoms with Gasteiger partial charge in [0.25, 0.3) is 5.91 Å². The van der Waals surface area contributed by atoms with Crippen LogP contribution in [0.3, 0.4) is 0 Å². The van der Waals surface area contributed by atoms with Gasteiger partial charge in [0.15, 0.2) is 11.5 Å². The van der Waals surface area contributed by atoms with E-state index in [0.29, 0.717) is 33.7 Å². The van der Waals surface area contributed by atoms with Gasteiger partial charge in [0.2, 0.25) is 12.7 Å². The molecule has 0 atom stereocenters. The Morgan fingerprint density at radius 2 is 2.00 bits per heavy atom. The quantitative estimate of drug-likeness (QED) is 0.329. The minimum atomic E-state index is -0.0742. The highest BCUT2D eigenvalue weighted by Crippen LogP contribution is 2.36. The molecule has 1 N–H and O–H groups in total. The topological polar surface area (TPSA) is 67.9 Å². The van der Waals surface area contributed by atoms with Crippen LogP contribution < -0.4 is 14.8 Å². The molecule has 2 aromatic rings. The van der Waals surface area contributed by atoms with Crippen LogP contribution in [0.5, 0.6) is 11.5 Å². The predicted octanol–water partition coefficient (Wildman–Crippen LogP) is 5.12. The summed E-state index contributed by atoms with van der Waals surface area (Å²) in [5.74, 6) is 1.32. The van der Waals surface area contributed by atoms with Crippen molar-refractivity contribution in [3.8, 4) is 11.5 Å². The van der Waals surface area contributed by atoms with E-state index < -0.39 is 0 Å². The summed E-state index contributed by atoms with van der Waals surface area (Å²) in [4.78, 5) is 27.1. The number of nitrogens with one attached hydrogen (secondary N) is 1. The number of anilines is 1. The number of ether oxygens (including phenoxy) is 2. The third kappa shape index (κ3) is 5.49. The average Bonchev–Trinajstić information content (AvgIpc) is 3.32. The second kappa shape index (κ2) is 10.2. The molecular weight excluding hydrogens is 444 g/mol. The number of benzene rings is 2. The Kier molecular flexibility index (Phi) is 7.12. The minimum Gasteiger partial charge on any atom is -0.454 e. The molecule has 8 heteroatoms. The fraction of sp³-hybridized carbons (Fsp3) is 0.292. The van der Waals surface area contributed by atoms with Crippen molar-refractivity contribution in [3.63, 3.8) is 0 Å². The molecule has 1 fully saturated rings. The number of hydrogen-bond donors (Lipinski definition) is 1. The van der Waals surface area contributed by atoms with Crippen molar-refractivity contribution in [2.75, 3.05) is 18.7 Å². The van der Waals surface area contributed by atoms with Crippen LogP contribution in [-0.4, -0.2) is 34.4 Å². The summed E-state index contributed by atoms with van der Waals surface area (Å²) in [5, 5.41) is 2.92. The molecule has 0 saturated carbocycles. The number of thiocarbonyl (C=S) groups is 1. The van der Waals surface area contributed by atoms with E-state index in [1.54, 1.807) is 4.90 Å². The first-order valence-electron chi connectivity index (χ1n) is 10.5. The number of rotatable bonds is 8. The maximum Gasteiger partial charge on any atom is 0.266 e. The second-order valence-electron chi connectivity index (χ2n) is 7.67. The maximum absolute atomic E-state index is 12.8. The van der Waals surface area contributed by atoms with Crippen LogP contribution in [0, 0.1) is 6.92 Å². The van der Waals surface area contributed by atoms with E-state index in [-0.39, 0.29) is 18.6 Å². The van der Waals surface area contributed by atoms with Crippen LogP contribution >= 0.6 is 24.0 Å². The Labute approximate surface area is 197 Å². The van der Waals surface area contributed by atoms with Gasteiger partial charge < -0.3 is 14.8 Å². The van der Waals surface area contributed by atoms with Gasteiger partial charge in [0, 0.05) is 18.7 Å². The SMILES string of the molecule is Cc1cccc(NC(=O)CCCCCN2C(=O)/C(=C/c3ccc4c(c3)OCO4)SC2=S)c1. The van der Waals surface area contributed by atoms with E-state index >= 15 is 0 Å². The highest BCUT2D eigenvalue weighted by molar-refractivity contribution is 8.26. The molecule has 0 radical (unpaired) electrons. The number of amides is 2. The van der Waals surface area contributed by atoms with E-state index in [9.17, 15) is 9.59 Å². The maximum atomic E-state index is 12.8. The molecule has 0 unspecified atom stereocenters. The van der Waals surface area contributed by atoms with Crippen LogP contribution in [-0.2, 0) is 9.59 Å². The Hall–Kier alpha value is -2.84. The number of carbonyl (C=O) groups is 2. The van der Waals surface area contributed by atoms with Crippen LogP contribution in [0.15, 0.2) is 47.4 Å². The highest BCUT2D eigenvalue weighted by Gasteiger charge is 2.31. The predicted molar refractivity (Wildman–Crippen MR) is 131 cm³/mol. The lowest BCUT2D eigenvalue weighted by atomic mass is 10.1. The van der Waals surface area contributed by atoms with Crippen molar-refractivity contribution in [2.45, 2.75) is 32.6 Å². The Bertz CT molecular complexity index is 1080. The summed E-state index contributed by atoms with van der Waals surface area (Å²) in [6.07, 6.45) is 4.69. The second-order valence-corrected chi connectivity index (χ2v) is 9.35. The van der Waals surface area contributed by atoms with Crippen molar-refractivity contribution < 1.29 is 19.1 Å². The monoisotopic (exact) mass is 468 g/mol. The van der Waals surface area contributed by atoms with E-state index in [1.165, 1.54) is 11.8 Å². The molecule has 0 spiro atoms. The minimum absolute atomic E-state index is 0.00729. The molecular formula is C24H24N2O4S2. The highest BCUT2D eigenvalue weighted by atomic mass is 32.2. The van der Waals surface area contributed by atoms with Gasteiger partial charge in [-0.3, -0.25) is 14.5 Å². The zero-order valence-corrected chi connectivity index (χ0v) is 19.4. The van der Waals surface area contributed by atoms with Gasteiger partial charge >= 0.3 is 0 Å². The number of hydrogen-bond acceptors (Lipinski definition) is 6. The Balaban J connectivity index is 1.22. The van der Waals surface area contributed by atoms with Crippen molar-refractivity contribution in [1.29, 1.82) is 0 Å². The lowest BCUT2D eigenvalue weighted by Gasteiger charge is -2.14.